The summed E-state index contributed by atoms with van der Waals surface area (Å²) < 4.78 is 5.25. The zero-order valence-corrected chi connectivity index (χ0v) is 11.8. The minimum absolute atomic E-state index is 0.0162. The van der Waals surface area contributed by atoms with Gasteiger partial charge in [-0.2, -0.15) is 0 Å². The Labute approximate surface area is 119 Å². The maximum absolute atomic E-state index is 12.1. The maximum Gasteiger partial charge on any atom is 0.257 e. The van der Waals surface area contributed by atoms with Gasteiger partial charge >= 0.3 is 0 Å². The second-order valence-corrected chi connectivity index (χ2v) is 5.36. The second-order valence-electron chi connectivity index (χ2n) is 5.36. The first-order valence-corrected chi connectivity index (χ1v) is 7.23. The number of hydrogen-bond donors (Lipinski definition) is 1. The molecule has 0 spiro atoms. The molecule has 2 aliphatic rings. The number of hydrogen-bond acceptors (Lipinski definition) is 3. The average molecular weight is 272 g/mol. The number of fused-ring (bicyclic) bond motifs is 1. The highest BCUT2D eigenvalue weighted by atomic mass is 16.5. The Hall–Kier alpha value is -1.97. The summed E-state index contributed by atoms with van der Waals surface area (Å²) in [6, 6.07) is 5.69. The summed E-state index contributed by atoms with van der Waals surface area (Å²) in [6.45, 7) is 2.08. The molecular weight excluding hydrogens is 252 g/mol. The lowest BCUT2D eigenvalue weighted by Gasteiger charge is -2.18. The molecule has 1 aromatic carbocycles. The first-order chi connectivity index (χ1) is 9.78. The molecule has 0 bridgehead atoms. The molecule has 2 aliphatic heterocycles. The van der Waals surface area contributed by atoms with E-state index in [9.17, 15) is 4.79 Å². The molecule has 0 radical (unpaired) electrons. The zero-order chi connectivity index (χ0) is 13.9. The van der Waals surface area contributed by atoms with Crippen molar-refractivity contribution in [3.05, 3.63) is 30.0 Å². The van der Waals surface area contributed by atoms with Crippen LogP contribution in [0.2, 0.25) is 0 Å². The average Bonchev–Trinajstić information content (AvgIpc) is 2.65. The van der Waals surface area contributed by atoms with Gasteiger partial charge in [0.15, 0.2) is 0 Å². The van der Waals surface area contributed by atoms with Gasteiger partial charge in [0.05, 0.1) is 12.7 Å². The van der Waals surface area contributed by atoms with Crippen LogP contribution in [0.15, 0.2) is 24.4 Å². The Morgan fingerprint density at radius 2 is 1.95 bits per heavy atom. The lowest BCUT2D eigenvalue weighted by atomic mass is 10.1. The largest absolute Gasteiger partial charge is 0.497 e. The molecule has 1 amide bonds. The lowest BCUT2D eigenvalue weighted by Crippen LogP contribution is -2.19. The van der Waals surface area contributed by atoms with Crippen LogP contribution in [0, 0.1) is 0 Å². The number of benzene rings is 1. The van der Waals surface area contributed by atoms with Gasteiger partial charge in [0, 0.05) is 30.5 Å². The summed E-state index contributed by atoms with van der Waals surface area (Å²) in [6.07, 6.45) is 7.01. The Balaban J connectivity index is 1.91. The molecule has 1 aromatic rings. The second kappa shape index (κ2) is 5.57. The number of carbonyl (C=O) groups excluding carboxylic acids is 1. The molecule has 1 N–H and O–H groups in total. The van der Waals surface area contributed by atoms with Crippen molar-refractivity contribution in [1.82, 2.24) is 4.90 Å². The number of amides is 1. The van der Waals surface area contributed by atoms with Crippen LogP contribution in [-0.2, 0) is 4.79 Å². The third-order valence-corrected chi connectivity index (χ3v) is 3.96. The molecule has 0 unspecified atom stereocenters. The zero-order valence-electron chi connectivity index (χ0n) is 11.8. The normalized spacial score (nSPS) is 20.6. The Morgan fingerprint density at radius 3 is 2.65 bits per heavy atom. The van der Waals surface area contributed by atoms with Crippen molar-refractivity contribution in [2.75, 3.05) is 25.5 Å². The van der Waals surface area contributed by atoms with Crippen molar-refractivity contribution in [3.8, 4) is 5.75 Å². The molecule has 20 heavy (non-hydrogen) atoms. The topological polar surface area (TPSA) is 41.6 Å². The number of ether oxygens (including phenoxy) is 1. The monoisotopic (exact) mass is 272 g/mol. The third kappa shape index (κ3) is 2.50. The van der Waals surface area contributed by atoms with E-state index in [-0.39, 0.29) is 5.91 Å². The van der Waals surface area contributed by atoms with E-state index in [0.29, 0.717) is 0 Å². The maximum atomic E-state index is 12.1. The van der Waals surface area contributed by atoms with E-state index in [4.69, 9.17) is 4.74 Å². The van der Waals surface area contributed by atoms with Crippen LogP contribution < -0.4 is 10.1 Å². The van der Waals surface area contributed by atoms with E-state index in [2.05, 4.69) is 10.2 Å². The Morgan fingerprint density at radius 1 is 1.20 bits per heavy atom. The standard InChI is InChI=1S/C16H20N2O2/c1-20-12-6-7-15-13(10-12)14(16(19)17-15)11-18-8-4-2-3-5-9-18/h6-7,10-11H,2-5,8-9H2,1H3,(H,17,19)/b14-11+. The van der Waals surface area contributed by atoms with Gasteiger partial charge in [-0.15, -0.1) is 0 Å². The number of carbonyl (C=O) groups is 1. The van der Waals surface area contributed by atoms with Crippen molar-refractivity contribution in [1.29, 1.82) is 0 Å². The number of nitrogens with zero attached hydrogens (tertiary/aromatic N) is 1. The summed E-state index contributed by atoms with van der Waals surface area (Å²) in [5, 5.41) is 2.91. The van der Waals surface area contributed by atoms with Gasteiger partial charge < -0.3 is 15.0 Å². The smallest absolute Gasteiger partial charge is 0.257 e. The van der Waals surface area contributed by atoms with E-state index in [1.165, 1.54) is 25.7 Å². The number of nitrogens with one attached hydrogen (secondary N) is 1. The molecule has 0 atom stereocenters. The van der Waals surface area contributed by atoms with Gasteiger partial charge in [-0.25, -0.2) is 0 Å². The highest BCUT2D eigenvalue weighted by molar-refractivity contribution is 6.31. The SMILES string of the molecule is COc1ccc2c(c1)/C(=C\N1CCCCCC1)C(=O)N2. The minimum atomic E-state index is -0.0162. The molecule has 0 aliphatic carbocycles. The van der Waals surface area contributed by atoms with E-state index >= 15 is 0 Å². The van der Waals surface area contributed by atoms with Crippen molar-refractivity contribution in [3.63, 3.8) is 0 Å². The fourth-order valence-corrected chi connectivity index (χ4v) is 2.83. The van der Waals surface area contributed by atoms with E-state index in [0.717, 1.165) is 35.7 Å². The predicted molar refractivity (Wildman–Crippen MR) is 79.6 cm³/mol. The van der Waals surface area contributed by atoms with Gasteiger partial charge in [0.1, 0.15) is 5.75 Å². The first kappa shape index (κ1) is 13.0. The van der Waals surface area contributed by atoms with Gasteiger partial charge in [-0.05, 0) is 31.0 Å². The fourth-order valence-electron chi connectivity index (χ4n) is 2.83. The lowest BCUT2D eigenvalue weighted by molar-refractivity contribution is -0.110. The van der Waals surface area contributed by atoms with E-state index in [1.807, 2.05) is 24.4 Å². The molecule has 3 rings (SSSR count). The summed E-state index contributed by atoms with van der Waals surface area (Å²) in [7, 11) is 1.64. The molecule has 2 heterocycles. The summed E-state index contributed by atoms with van der Waals surface area (Å²) in [5.74, 6) is 0.763. The first-order valence-electron chi connectivity index (χ1n) is 7.23. The molecule has 0 aromatic heterocycles. The Kier molecular flexibility index (Phi) is 3.63. The predicted octanol–water partition coefficient (Wildman–Crippen LogP) is 2.86. The van der Waals surface area contributed by atoms with Gasteiger partial charge in [-0.3, -0.25) is 4.79 Å². The summed E-state index contributed by atoms with van der Waals surface area (Å²) >= 11 is 0. The fraction of sp³-hybridized carbons (Fsp3) is 0.438. The van der Waals surface area contributed by atoms with Crippen LogP contribution in [-0.4, -0.2) is 31.0 Å². The molecule has 106 valence electrons. The molecule has 1 fully saturated rings. The van der Waals surface area contributed by atoms with Crippen molar-refractivity contribution < 1.29 is 9.53 Å². The van der Waals surface area contributed by atoms with Crippen LogP contribution in [0.25, 0.3) is 5.57 Å². The minimum Gasteiger partial charge on any atom is -0.497 e. The summed E-state index contributed by atoms with van der Waals surface area (Å²) in [5.41, 5.74) is 2.57. The number of anilines is 1. The number of likely N-dealkylation sites (tertiary alicyclic amines) is 1. The molecule has 0 saturated carbocycles. The van der Waals surface area contributed by atoms with Crippen LogP contribution in [0.3, 0.4) is 0 Å². The van der Waals surface area contributed by atoms with Gasteiger partial charge in [0.25, 0.3) is 5.91 Å². The van der Waals surface area contributed by atoms with Crippen molar-refractivity contribution in [2.24, 2.45) is 0 Å². The molecule has 4 nitrogen and oxygen atoms in total. The summed E-state index contributed by atoms with van der Waals surface area (Å²) in [4.78, 5) is 14.4. The number of methoxy groups -OCH3 is 1. The molecule has 4 heteroatoms. The van der Waals surface area contributed by atoms with Crippen molar-refractivity contribution in [2.45, 2.75) is 25.7 Å². The van der Waals surface area contributed by atoms with Gasteiger partial charge in [0.2, 0.25) is 0 Å². The van der Waals surface area contributed by atoms with Gasteiger partial charge in [-0.1, -0.05) is 12.8 Å². The third-order valence-electron chi connectivity index (χ3n) is 3.96. The molecule has 1 saturated heterocycles. The highest BCUT2D eigenvalue weighted by Gasteiger charge is 2.25. The Bertz CT molecular complexity index is 543. The highest BCUT2D eigenvalue weighted by Crippen LogP contribution is 2.34. The van der Waals surface area contributed by atoms with E-state index < -0.39 is 0 Å². The molecular formula is C16H20N2O2. The van der Waals surface area contributed by atoms with Crippen LogP contribution in [0.4, 0.5) is 5.69 Å². The van der Waals surface area contributed by atoms with Crippen LogP contribution in [0.5, 0.6) is 5.75 Å². The van der Waals surface area contributed by atoms with Crippen molar-refractivity contribution >= 4 is 17.2 Å². The van der Waals surface area contributed by atoms with Crippen LogP contribution in [0.1, 0.15) is 31.2 Å². The van der Waals surface area contributed by atoms with Crippen LogP contribution >= 0.6 is 0 Å². The van der Waals surface area contributed by atoms with E-state index in [1.54, 1.807) is 7.11 Å². The number of rotatable bonds is 2. The quantitative estimate of drug-likeness (QED) is 0.842.